The molecule has 4 aromatic heterocycles. The number of hydrogen-bond acceptors (Lipinski definition) is 8. The summed E-state index contributed by atoms with van der Waals surface area (Å²) < 4.78 is 47.8. The van der Waals surface area contributed by atoms with Crippen LogP contribution in [0.2, 0.25) is 0 Å². The molecule has 1 aliphatic carbocycles. The summed E-state index contributed by atoms with van der Waals surface area (Å²) in [5.41, 5.74) is 1.60. The lowest BCUT2D eigenvalue weighted by atomic mass is 10.1. The van der Waals surface area contributed by atoms with E-state index in [9.17, 15) is 18.0 Å². The molecule has 0 radical (unpaired) electrons. The van der Waals surface area contributed by atoms with Crippen LogP contribution in [0.25, 0.3) is 27.8 Å². The van der Waals surface area contributed by atoms with E-state index in [0.717, 1.165) is 45.1 Å². The van der Waals surface area contributed by atoms with Crippen molar-refractivity contribution in [2.24, 2.45) is 5.92 Å². The minimum atomic E-state index is -2.82. The Morgan fingerprint density at radius 2 is 1.87 bits per heavy atom. The maximum atomic E-state index is 13.7. The number of amides is 1. The van der Waals surface area contributed by atoms with Gasteiger partial charge in [0.25, 0.3) is 6.43 Å². The molecule has 1 N–H and O–H groups in total. The molecular formula is C26H25F3N8O2. The van der Waals surface area contributed by atoms with E-state index in [-0.39, 0.29) is 17.6 Å². The largest absolute Gasteiger partial charge is 0.378 e. The van der Waals surface area contributed by atoms with Crippen LogP contribution in [0.15, 0.2) is 36.8 Å². The molecule has 202 valence electrons. The first kappa shape index (κ1) is 24.2. The third-order valence-electron chi connectivity index (χ3n) is 7.68. The van der Waals surface area contributed by atoms with E-state index in [1.165, 1.54) is 18.5 Å². The van der Waals surface area contributed by atoms with Gasteiger partial charge in [0.05, 0.1) is 37.1 Å². The number of aromatic nitrogens is 5. The number of nitrogens with one attached hydrogen (secondary N) is 1. The van der Waals surface area contributed by atoms with Gasteiger partial charge in [0.2, 0.25) is 5.91 Å². The van der Waals surface area contributed by atoms with E-state index in [0.29, 0.717) is 28.5 Å². The Balaban J connectivity index is 1.20. The highest BCUT2D eigenvalue weighted by Gasteiger charge is 2.43. The molecule has 1 saturated carbocycles. The molecule has 2 saturated heterocycles. The number of carbonyl (C=O) groups is 1. The van der Waals surface area contributed by atoms with Crippen molar-refractivity contribution in [1.82, 2.24) is 29.5 Å². The van der Waals surface area contributed by atoms with Crippen LogP contribution in [0.4, 0.5) is 24.7 Å². The van der Waals surface area contributed by atoms with Crippen molar-refractivity contribution in [2.75, 3.05) is 49.6 Å². The van der Waals surface area contributed by atoms with Crippen LogP contribution in [0.3, 0.4) is 0 Å². The van der Waals surface area contributed by atoms with Gasteiger partial charge in [-0.15, -0.1) is 5.10 Å². The topological polar surface area (TPSA) is 101 Å². The monoisotopic (exact) mass is 538 g/mol. The van der Waals surface area contributed by atoms with Crippen molar-refractivity contribution in [2.45, 2.75) is 25.1 Å². The van der Waals surface area contributed by atoms with Crippen molar-refractivity contribution in [1.29, 1.82) is 0 Å². The third kappa shape index (κ3) is 4.44. The summed E-state index contributed by atoms with van der Waals surface area (Å²) in [6.45, 7) is 5.30. The summed E-state index contributed by atoms with van der Waals surface area (Å²) >= 11 is 0. The lowest BCUT2D eigenvalue weighted by Gasteiger charge is -2.43. The number of alkyl halides is 3. The second-order valence-electron chi connectivity index (χ2n) is 10.2. The van der Waals surface area contributed by atoms with Crippen molar-refractivity contribution in [3.8, 4) is 11.4 Å². The normalized spacial score (nSPS) is 22.0. The van der Waals surface area contributed by atoms with Crippen LogP contribution in [-0.2, 0) is 9.53 Å². The van der Waals surface area contributed by atoms with Crippen molar-refractivity contribution >= 4 is 33.8 Å². The van der Waals surface area contributed by atoms with Crippen LogP contribution in [-0.4, -0.2) is 87.0 Å². The molecule has 1 amide bonds. The number of fused-ring (bicyclic) bond motifs is 2. The van der Waals surface area contributed by atoms with Gasteiger partial charge < -0.3 is 15.0 Å². The molecule has 0 bridgehead atoms. The average Bonchev–Trinajstić information content (AvgIpc) is 3.49. The summed E-state index contributed by atoms with van der Waals surface area (Å²) in [6.07, 6.45) is 0.648. The average molecular weight is 539 g/mol. The highest BCUT2D eigenvalue weighted by atomic mass is 19.3. The number of hydrogen-bond donors (Lipinski definition) is 1. The van der Waals surface area contributed by atoms with Crippen molar-refractivity contribution < 1.29 is 22.7 Å². The second-order valence-corrected chi connectivity index (χ2v) is 10.2. The second kappa shape index (κ2) is 9.42. The first-order valence-corrected chi connectivity index (χ1v) is 12.9. The molecule has 7 rings (SSSR count). The molecule has 10 nitrogen and oxygen atoms in total. The van der Waals surface area contributed by atoms with Gasteiger partial charge in [-0.1, -0.05) is 0 Å². The SMILES string of the molecule is O=C(Nc1cc2c(-c3nc4ccc(N5CCN(C6COC6)CC5)cn4n3)cnc(C(F)F)c2cn1)[C@@H]1C[C@@H]1F. The zero-order chi connectivity index (χ0) is 26.7. The van der Waals surface area contributed by atoms with E-state index in [2.05, 4.69) is 35.2 Å². The summed E-state index contributed by atoms with van der Waals surface area (Å²) in [7, 11) is 0. The van der Waals surface area contributed by atoms with E-state index >= 15 is 0 Å². The Bertz CT molecular complexity index is 1570. The van der Waals surface area contributed by atoms with Gasteiger partial charge in [-0.25, -0.2) is 27.7 Å². The molecule has 13 heteroatoms. The molecule has 2 aliphatic heterocycles. The van der Waals surface area contributed by atoms with Crippen LogP contribution < -0.4 is 10.2 Å². The molecule has 2 atom stereocenters. The molecule has 6 heterocycles. The minimum absolute atomic E-state index is 0.129. The number of piperazine rings is 1. The van der Waals surface area contributed by atoms with E-state index in [1.807, 2.05) is 18.3 Å². The highest BCUT2D eigenvalue weighted by molar-refractivity contribution is 6.00. The number of pyridine rings is 3. The van der Waals surface area contributed by atoms with Gasteiger partial charge in [-0.05, 0) is 24.6 Å². The zero-order valence-electron chi connectivity index (χ0n) is 20.8. The first-order chi connectivity index (χ1) is 18.9. The van der Waals surface area contributed by atoms with Gasteiger partial charge in [0, 0.05) is 54.9 Å². The number of carbonyl (C=O) groups excluding carboxylic acids is 1. The minimum Gasteiger partial charge on any atom is -0.378 e. The van der Waals surface area contributed by atoms with Gasteiger partial charge in [0.15, 0.2) is 11.5 Å². The van der Waals surface area contributed by atoms with Crippen molar-refractivity contribution in [3.05, 3.63) is 42.5 Å². The predicted octanol–water partition coefficient (Wildman–Crippen LogP) is 3.09. The smallest absolute Gasteiger partial charge is 0.281 e. The molecule has 0 unspecified atom stereocenters. The fraction of sp³-hybridized carbons (Fsp3) is 0.423. The molecule has 0 aromatic carbocycles. The van der Waals surface area contributed by atoms with Gasteiger partial charge >= 0.3 is 0 Å². The number of rotatable bonds is 6. The van der Waals surface area contributed by atoms with Gasteiger partial charge in [0.1, 0.15) is 17.7 Å². The molecule has 3 aliphatic rings. The van der Waals surface area contributed by atoms with Crippen LogP contribution in [0.1, 0.15) is 18.5 Å². The number of ether oxygens (including phenoxy) is 1. The fourth-order valence-electron chi connectivity index (χ4n) is 5.18. The fourth-order valence-corrected chi connectivity index (χ4v) is 5.18. The van der Waals surface area contributed by atoms with Crippen LogP contribution >= 0.6 is 0 Å². The molecule has 4 aromatic rings. The standard InChI is InChI=1S/C26H25F3N8O2/c27-20-7-17(20)26(38)32-21-8-16-18(9-30-21)23(24(28)29)31-10-19(16)25-33-22-2-1-14(11-37(22)34-25)35-3-5-36(6-4-35)15-12-39-13-15/h1-2,8-11,15,17,20,24H,3-7,12-13H2,(H,30,32,38)/t17-,20+/m1/s1. The van der Waals surface area contributed by atoms with Crippen molar-refractivity contribution in [3.63, 3.8) is 0 Å². The molecule has 3 fully saturated rings. The van der Waals surface area contributed by atoms with E-state index in [4.69, 9.17) is 4.74 Å². The summed E-state index contributed by atoms with van der Waals surface area (Å²) in [6, 6.07) is 5.87. The summed E-state index contributed by atoms with van der Waals surface area (Å²) in [4.78, 5) is 29.7. The third-order valence-corrected chi connectivity index (χ3v) is 7.68. The maximum absolute atomic E-state index is 13.7. The summed E-state index contributed by atoms with van der Waals surface area (Å²) in [5, 5.41) is 7.71. The lowest BCUT2D eigenvalue weighted by Crippen LogP contribution is -2.56. The zero-order valence-corrected chi connectivity index (χ0v) is 20.8. The number of anilines is 2. The van der Waals surface area contributed by atoms with Gasteiger partial charge in [-0.3, -0.25) is 14.7 Å². The molecular weight excluding hydrogens is 513 g/mol. The molecule has 39 heavy (non-hydrogen) atoms. The number of nitrogens with zero attached hydrogens (tertiary/aromatic N) is 7. The predicted molar refractivity (Wildman–Crippen MR) is 137 cm³/mol. The lowest BCUT2D eigenvalue weighted by molar-refractivity contribution is -0.117. The van der Waals surface area contributed by atoms with Gasteiger partial charge in [-0.2, -0.15) is 0 Å². The summed E-state index contributed by atoms with van der Waals surface area (Å²) in [5.74, 6) is -0.757. The Labute approximate surface area is 220 Å². The van der Waals surface area contributed by atoms with Crippen LogP contribution in [0.5, 0.6) is 0 Å². The Kier molecular flexibility index (Phi) is 5.85. The Morgan fingerprint density at radius 1 is 1.08 bits per heavy atom. The molecule has 0 spiro atoms. The Hall–Kier alpha value is -3.84. The van der Waals surface area contributed by atoms with E-state index < -0.39 is 30.1 Å². The Morgan fingerprint density at radius 3 is 2.56 bits per heavy atom. The quantitative estimate of drug-likeness (QED) is 0.400. The van der Waals surface area contributed by atoms with E-state index in [1.54, 1.807) is 4.52 Å². The van der Waals surface area contributed by atoms with Crippen LogP contribution in [0, 0.1) is 5.92 Å². The maximum Gasteiger partial charge on any atom is 0.281 e. The highest BCUT2D eigenvalue weighted by Crippen LogP contribution is 2.36. The number of halogens is 3. The first-order valence-electron chi connectivity index (χ1n) is 12.9.